The summed E-state index contributed by atoms with van der Waals surface area (Å²) >= 11 is 0. The molecule has 124 valence electrons. The van der Waals surface area contributed by atoms with Crippen LogP contribution in [0.4, 0.5) is 0 Å². The predicted octanol–water partition coefficient (Wildman–Crippen LogP) is 2.61. The van der Waals surface area contributed by atoms with Gasteiger partial charge < -0.3 is 9.42 Å². The molecule has 0 unspecified atom stereocenters. The van der Waals surface area contributed by atoms with Gasteiger partial charge in [-0.05, 0) is 38.1 Å². The Kier molecular flexibility index (Phi) is 4.41. The van der Waals surface area contributed by atoms with Crippen LogP contribution in [0.1, 0.15) is 35.9 Å². The van der Waals surface area contributed by atoms with Crippen LogP contribution in [0.3, 0.4) is 0 Å². The van der Waals surface area contributed by atoms with E-state index in [9.17, 15) is 4.79 Å². The number of hydrogen-bond acceptors (Lipinski definition) is 5. The highest BCUT2D eigenvalue weighted by Crippen LogP contribution is 2.15. The maximum atomic E-state index is 12.9. The summed E-state index contributed by atoms with van der Waals surface area (Å²) in [5, 5.41) is 8.07. The fourth-order valence-corrected chi connectivity index (χ4v) is 2.42. The normalized spacial score (nSPS) is 11.0. The van der Waals surface area contributed by atoms with Gasteiger partial charge in [-0.3, -0.25) is 4.79 Å². The van der Waals surface area contributed by atoms with Crippen molar-refractivity contribution in [1.82, 2.24) is 24.8 Å². The van der Waals surface area contributed by atoms with Gasteiger partial charge in [0.25, 0.3) is 5.91 Å². The van der Waals surface area contributed by atoms with E-state index in [1.165, 1.54) is 0 Å². The van der Waals surface area contributed by atoms with Crippen molar-refractivity contribution < 1.29 is 9.32 Å². The molecule has 0 N–H and O–H groups in total. The first-order valence-electron chi connectivity index (χ1n) is 7.75. The van der Waals surface area contributed by atoms with Gasteiger partial charge >= 0.3 is 0 Å². The van der Waals surface area contributed by atoms with E-state index < -0.39 is 0 Å². The Morgan fingerprint density at radius 2 is 2.17 bits per heavy atom. The van der Waals surface area contributed by atoms with Crippen molar-refractivity contribution >= 4 is 5.91 Å². The molecule has 3 rings (SSSR count). The first kappa shape index (κ1) is 15.9. The molecular formula is C17H19N5O2. The van der Waals surface area contributed by atoms with Gasteiger partial charge in [0.2, 0.25) is 5.89 Å². The zero-order chi connectivity index (χ0) is 17.1. The van der Waals surface area contributed by atoms with Crippen molar-refractivity contribution in [3.63, 3.8) is 0 Å². The van der Waals surface area contributed by atoms with Crippen LogP contribution in [0.5, 0.6) is 0 Å². The molecule has 0 radical (unpaired) electrons. The van der Waals surface area contributed by atoms with E-state index in [1.807, 2.05) is 44.3 Å². The van der Waals surface area contributed by atoms with E-state index in [2.05, 4.69) is 15.2 Å². The fraction of sp³-hybridized carbons (Fsp3) is 0.294. The SMILES string of the molecule is Cc1nc(CN(C(=O)c2cccc(-n3cccn3)c2)C(C)C)no1. The minimum absolute atomic E-state index is 0.00432. The summed E-state index contributed by atoms with van der Waals surface area (Å²) in [6.07, 6.45) is 3.54. The molecule has 0 saturated carbocycles. The Morgan fingerprint density at radius 1 is 1.33 bits per heavy atom. The van der Waals surface area contributed by atoms with Crippen molar-refractivity contribution in [2.75, 3.05) is 0 Å². The van der Waals surface area contributed by atoms with Crippen molar-refractivity contribution in [1.29, 1.82) is 0 Å². The zero-order valence-electron chi connectivity index (χ0n) is 13.9. The number of carbonyl (C=O) groups excluding carboxylic acids is 1. The predicted molar refractivity (Wildman–Crippen MR) is 87.6 cm³/mol. The number of hydrogen-bond donors (Lipinski definition) is 0. The Morgan fingerprint density at radius 3 is 2.79 bits per heavy atom. The lowest BCUT2D eigenvalue weighted by atomic mass is 10.1. The number of rotatable bonds is 5. The molecule has 2 heterocycles. The van der Waals surface area contributed by atoms with Crippen LogP contribution in [-0.2, 0) is 6.54 Å². The van der Waals surface area contributed by atoms with Gasteiger partial charge in [-0.15, -0.1) is 0 Å². The third-order valence-electron chi connectivity index (χ3n) is 3.63. The molecule has 0 aliphatic carbocycles. The van der Waals surface area contributed by atoms with Gasteiger partial charge in [-0.1, -0.05) is 11.2 Å². The molecule has 0 fully saturated rings. The van der Waals surface area contributed by atoms with Gasteiger partial charge in [0.1, 0.15) is 0 Å². The molecule has 2 aromatic heterocycles. The summed E-state index contributed by atoms with van der Waals surface area (Å²) in [7, 11) is 0. The van der Waals surface area contributed by atoms with Crippen LogP contribution in [0.2, 0.25) is 0 Å². The summed E-state index contributed by atoms with van der Waals surface area (Å²) in [5.41, 5.74) is 1.43. The van der Waals surface area contributed by atoms with E-state index in [1.54, 1.807) is 28.8 Å². The van der Waals surface area contributed by atoms with E-state index >= 15 is 0 Å². The number of nitrogens with zero attached hydrogens (tertiary/aromatic N) is 5. The minimum atomic E-state index is -0.0820. The van der Waals surface area contributed by atoms with Gasteiger partial charge in [-0.25, -0.2) is 4.68 Å². The topological polar surface area (TPSA) is 77.1 Å². The Hall–Kier alpha value is -2.96. The Labute approximate surface area is 139 Å². The largest absolute Gasteiger partial charge is 0.340 e. The van der Waals surface area contributed by atoms with E-state index in [0.29, 0.717) is 23.8 Å². The van der Waals surface area contributed by atoms with Crippen molar-refractivity contribution in [3.8, 4) is 5.69 Å². The molecule has 1 amide bonds. The molecule has 0 bridgehead atoms. The molecule has 0 aliphatic heterocycles. The lowest BCUT2D eigenvalue weighted by Gasteiger charge is -2.25. The third kappa shape index (κ3) is 3.34. The van der Waals surface area contributed by atoms with E-state index in [4.69, 9.17) is 4.52 Å². The Bertz CT molecular complexity index is 823. The molecule has 3 aromatic rings. The van der Waals surface area contributed by atoms with Crippen molar-refractivity contribution in [2.24, 2.45) is 0 Å². The number of amides is 1. The van der Waals surface area contributed by atoms with Crippen molar-refractivity contribution in [3.05, 3.63) is 60.0 Å². The van der Waals surface area contributed by atoms with Crippen LogP contribution in [0.25, 0.3) is 5.69 Å². The van der Waals surface area contributed by atoms with Crippen LogP contribution >= 0.6 is 0 Å². The number of benzene rings is 1. The second-order valence-electron chi connectivity index (χ2n) is 5.76. The fourth-order valence-electron chi connectivity index (χ4n) is 2.42. The van der Waals surface area contributed by atoms with Crippen LogP contribution < -0.4 is 0 Å². The summed E-state index contributed by atoms with van der Waals surface area (Å²) in [4.78, 5) is 18.8. The van der Waals surface area contributed by atoms with Gasteiger partial charge in [0.15, 0.2) is 5.82 Å². The molecule has 24 heavy (non-hydrogen) atoms. The molecule has 0 aliphatic rings. The van der Waals surface area contributed by atoms with Gasteiger partial charge in [0, 0.05) is 30.9 Å². The summed E-state index contributed by atoms with van der Waals surface area (Å²) in [6, 6.07) is 9.23. The first-order chi connectivity index (χ1) is 11.5. The molecule has 0 atom stereocenters. The first-order valence-corrected chi connectivity index (χ1v) is 7.75. The Balaban J connectivity index is 1.86. The van der Waals surface area contributed by atoms with Crippen LogP contribution in [0.15, 0.2) is 47.2 Å². The number of aromatic nitrogens is 4. The second-order valence-corrected chi connectivity index (χ2v) is 5.76. The summed E-state index contributed by atoms with van der Waals surface area (Å²) in [5.74, 6) is 0.904. The highest BCUT2D eigenvalue weighted by atomic mass is 16.5. The summed E-state index contributed by atoms with van der Waals surface area (Å²) < 4.78 is 6.71. The number of aryl methyl sites for hydroxylation is 1. The average Bonchev–Trinajstić information content (AvgIpc) is 3.23. The lowest BCUT2D eigenvalue weighted by molar-refractivity contribution is 0.0683. The highest BCUT2D eigenvalue weighted by Gasteiger charge is 2.21. The maximum absolute atomic E-state index is 12.9. The zero-order valence-corrected chi connectivity index (χ0v) is 13.9. The molecule has 1 aromatic carbocycles. The monoisotopic (exact) mass is 325 g/mol. The average molecular weight is 325 g/mol. The molecule has 0 saturated heterocycles. The molecule has 7 nitrogen and oxygen atoms in total. The van der Waals surface area contributed by atoms with Crippen LogP contribution in [-0.4, -0.2) is 36.8 Å². The second kappa shape index (κ2) is 6.66. The maximum Gasteiger partial charge on any atom is 0.254 e. The molecule has 7 heteroatoms. The molecule has 0 spiro atoms. The standard InChI is InChI=1S/C17H19N5O2/c1-12(2)21(11-16-19-13(3)24-20-16)17(23)14-6-4-7-15(10-14)22-9-5-8-18-22/h4-10,12H,11H2,1-3H3. The lowest BCUT2D eigenvalue weighted by Crippen LogP contribution is -2.36. The summed E-state index contributed by atoms with van der Waals surface area (Å²) in [6.45, 7) is 5.95. The van der Waals surface area contributed by atoms with Gasteiger partial charge in [0.05, 0.1) is 12.2 Å². The smallest absolute Gasteiger partial charge is 0.254 e. The van der Waals surface area contributed by atoms with Crippen LogP contribution in [0, 0.1) is 6.92 Å². The quantitative estimate of drug-likeness (QED) is 0.720. The minimum Gasteiger partial charge on any atom is -0.340 e. The van der Waals surface area contributed by atoms with Gasteiger partial charge in [-0.2, -0.15) is 10.1 Å². The molecular weight excluding hydrogens is 306 g/mol. The van der Waals surface area contributed by atoms with Crippen molar-refractivity contribution in [2.45, 2.75) is 33.4 Å². The van der Waals surface area contributed by atoms with E-state index in [0.717, 1.165) is 5.69 Å². The highest BCUT2D eigenvalue weighted by molar-refractivity contribution is 5.94. The number of carbonyl (C=O) groups is 1. The third-order valence-corrected chi connectivity index (χ3v) is 3.63. The van der Waals surface area contributed by atoms with E-state index in [-0.39, 0.29) is 11.9 Å².